The molecule has 0 aromatic heterocycles. The van der Waals surface area contributed by atoms with E-state index < -0.39 is 10.0 Å². The Morgan fingerprint density at radius 1 is 1.00 bits per heavy atom. The number of sulfonamides is 1. The molecule has 0 aliphatic rings. The molecule has 0 fully saturated rings. The first kappa shape index (κ1) is 21.1. The largest absolute Gasteiger partial charge is 0.339 e. The van der Waals surface area contributed by atoms with Crippen molar-refractivity contribution in [1.82, 2.24) is 9.62 Å². The lowest BCUT2D eigenvalue weighted by Gasteiger charge is -2.22. The average molecular weight is 389 g/mol. The fraction of sp³-hybridized carbons (Fsp3) is 0.381. The minimum Gasteiger partial charge on any atom is -0.339 e. The van der Waals surface area contributed by atoms with Gasteiger partial charge in [-0.3, -0.25) is 4.79 Å². The lowest BCUT2D eigenvalue weighted by Crippen LogP contribution is -2.33. The second-order valence-electron chi connectivity index (χ2n) is 6.57. The summed E-state index contributed by atoms with van der Waals surface area (Å²) in [6.07, 6.45) is 1.72. The monoisotopic (exact) mass is 388 g/mol. The Hall–Kier alpha value is -2.18. The molecule has 0 radical (unpaired) electrons. The number of rotatable bonds is 9. The molecular formula is C21H28N2O3S. The quantitative estimate of drug-likeness (QED) is 0.706. The number of carbonyl (C=O) groups excluding carboxylic acids is 1. The first-order valence-electron chi connectivity index (χ1n) is 9.35. The number of nitrogens with zero attached hydrogens (tertiary/aromatic N) is 1. The first-order valence-corrected chi connectivity index (χ1v) is 10.8. The van der Waals surface area contributed by atoms with E-state index in [-0.39, 0.29) is 16.8 Å². The van der Waals surface area contributed by atoms with E-state index in [0.717, 1.165) is 18.4 Å². The van der Waals surface area contributed by atoms with Gasteiger partial charge in [-0.25, -0.2) is 13.1 Å². The number of carbonyl (C=O) groups is 1. The third-order valence-corrected chi connectivity index (χ3v) is 5.84. The van der Waals surface area contributed by atoms with Gasteiger partial charge in [0.15, 0.2) is 0 Å². The summed E-state index contributed by atoms with van der Waals surface area (Å²) in [5, 5.41) is 0. The van der Waals surface area contributed by atoms with Crippen LogP contribution in [0.1, 0.15) is 55.6 Å². The molecule has 2 aromatic carbocycles. The van der Waals surface area contributed by atoms with E-state index >= 15 is 0 Å². The third-order valence-electron chi connectivity index (χ3n) is 4.30. The molecule has 2 aromatic rings. The van der Waals surface area contributed by atoms with Crippen LogP contribution in [-0.2, 0) is 10.0 Å². The number of nitrogens with one attached hydrogen (secondary N) is 1. The predicted molar refractivity (Wildman–Crippen MR) is 108 cm³/mol. The van der Waals surface area contributed by atoms with Gasteiger partial charge in [-0.1, -0.05) is 50.2 Å². The van der Waals surface area contributed by atoms with Crippen LogP contribution in [0.5, 0.6) is 0 Å². The van der Waals surface area contributed by atoms with Crippen LogP contribution in [0.4, 0.5) is 0 Å². The minimum absolute atomic E-state index is 0.101. The second-order valence-corrected chi connectivity index (χ2v) is 8.29. The highest BCUT2D eigenvalue weighted by atomic mass is 32.2. The maximum atomic E-state index is 12.8. The van der Waals surface area contributed by atoms with Crippen molar-refractivity contribution in [3.8, 4) is 0 Å². The third kappa shape index (κ3) is 5.65. The molecule has 0 spiro atoms. The van der Waals surface area contributed by atoms with Gasteiger partial charge < -0.3 is 4.90 Å². The highest BCUT2D eigenvalue weighted by molar-refractivity contribution is 7.89. The van der Waals surface area contributed by atoms with Gasteiger partial charge in [-0.05, 0) is 43.5 Å². The Kier molecular flexibility index (Phi) is 7.56. The average Bonchev–Trinajstić information content (AvgIpc) is 2.67. The summed E-state index contributed by atoms with van der Waals surface area (Å²) in [6.45, 7) is 7.16. The van der Waals surface area contributed by atoms with Crippen molar-refractivity contribution in [3.63, 3.8) is 0 Å². The van der Waals surface area contributed by atoms with E-state index in [4.69, 9.17) is 0 Å². The lowest BCUT2D eigenvalue weighted by atomic mass is 10.1. The second kappa shape index (κ2) is 9.67. The highest BCUT2D eigenvalue weighted by Gasteiger charge is 2.21. The fourth-order valence-electron chi connectivity index (χ4n) is 2.94. The molecule has 6 heteroatoms. The Morgan fingerprint density at radius 3 is 2.22 bits per heavy atom. The summed E-state index contributed by atoms with van der Waals surface area (Å²) < 4.78 is 28.2. The molecule has 0 bridgehead atoms. The SMILES string of the molecule is CCCN(CCC)C(=O)c1cccc(S(=O)(=O)NC(C)c2ccccc2)c1. The van der Waals surface area contributed by atoms with E-state index in [9.17, 15) is 13.2 Å². The van der Waals surface area contributed by atoms with E-state index in [1.54, 1.807) is 24.0 Å². The number of benzene rings is 2. The Bertz CT molecular complexity index is 845. The Labute approximate surface area is 162 Å². The molecule has 0 saturated heterocycles. The molecular weight excluding hydrogens is 360 g/mol. The van der Waals surface area contributed by atoms with Crippen molar-refractivity contribution in [2.24, 2.45) is 0 Å². The molecule has 0 saturated carbocycles. The van der Waals surface area contributed by atoms with Gasteiger partial charge in [-0.15, -0.1) is 0 Å². The summed E-state index contributed by atoms with van der Waals surface area (Å²) in [6, 6.07) is 15.3. The van der Waals surface area contributed by atoms with Crippen LogP contribution < -0.4 is 4.72 Å². The predicted octanol–water partition coefficient (Wildman–Crippen LogP) is 3.99. The van der Waals surface area contributed by atoms with Crippen LogP contribution in [-0.4, -0.2) is 32.3 Å². The molecule has 0 aliphatic heterocycles. The molecule has 1 unspecified atom stereocenters. The topological polar surface area (TPSA) is 66.5 Å². The van der Waals surface area contributed by atoms with Crippen LogP contribution in [0.3, 0.4) is 0 Å². The maximum absolute atomic E-state index is 12.8. The zero-order valence-electron chi connectivity index (χ0n) is 16.2. The summed E-state index contributed by atoms with van der Waals surface area (Å²) >= 11 is 0. The van der Waals surface area contributed by atoms with Crippen molar-refractivity contribution < 1.29 is 13.2 Å². The van der Waals surface area contributed by atoms with Crippen LogP contribution >= 0.6 is 0 Å². The van der Waals surface area contributed by atoms with Crippen LogP contribution in [0.2, 0.25) is 0 Å². The zero-order valence-corrected chi connectivity index (χ0v) is 17.0. The van der Waals surface area contributed by atoms with Crippen LogP contribution in [0, 0.1) is 0 Å². The van der Waals surface area contributed by atoms with Crippen LogP contribution in [0.25, 0.3) is 0 Å². The molecule has 1 atom stereocenters. The Morgan fingerprint density at radius 2 is 1.63 bits per heavy atom. The van der Waals surface area contributed by atoms with Gasteiger partial charge in [0, 0.05) is 24.7 Å². The van der Waals surface area contributed by atoms with Crippen molar-refractivity contribution in [2.75, 3.05) is 13.1 Å². The lowest BCUT2D eigenvalue weighted by molar-refractivity contribution is 0.0755. The molecule has 2 rings (SSSR count). The van der Waals surface area contributed by atoms with Gasteiger partial charge in [0.2, 0.25) is 10.0 Å². The summed E-state index contributed by atoms with van der Waals surface area (Å²) in [5.41, 5.74) is 1.28. The maximum Gasteiger partial charge on any atom is 0.253 e. The van der Waals surface area contributed by atoms with Gasteiger partial charge in [0.25, 0.3) is 5.91 Å². The molecule has 27 heavy (non-hydrogen) atoms. The molecule has 0 aliphatic carbocycles. The van der Waals surface area contributed by atoms with Crippen molar-refractivity contribution in [1.29, 1.82) is 0 Å². The molecule has 146 valence electrons. The molecule has 1 N–H and O–H groups in total. The smallest absolute Gasteiger partial charge is 0.253 e. The number of amides is 1. The van der Waals surface area contributed by atoms with Crippen LogP contribution in [0.15, 0.2) is 59.5 Å². The standard InChI is InChI=1S/C21H28N2O3S/c1-4-14-23(15-5-2)21(24)19-12-9-13-20(16-19)27(25,26)22-17(3)18-10-7-6-8-11-18/h6-13,16-17,22H,4-5,14-15H2,1-3H3. The van der Waals surface area contributed by atoms with Gasteiger partial charge >= 0.3 is 0 Å². The molecule has 5 nitrogen and oxygen atoms in total. The van der Waals surface area contributed by atoms with E-state index in [1.165, 1.54) is 12.1 Å². The van der Waals surface area contributed by atoms with Gasteiger partial charge in [0.05, 0.1) is 4.90 Å². The van der Waals surface area contributed by atoms with Gasteiger partial charge in [-0.2, -0.15) is 0 Å². The normalized spacial score (nSPS) is 12.6. The van der Waals surface area contributed by atoms with E-state index in [0.29, 0.717) is 18.7 Å². The summed E-state index contributed by atoms with van der Waals surface area (Å²) in [7, 11) is -3.73. The summed E-state index contributed by atoms with van der Waals surface area (Å²) in [4.78, 5) is 14.6. The van der Waals surface area contributed by atoms with Crippen molar-refractivity contribution in [3.05, 3.63) is 65.7 Å². The van der Waals surface area contributed by atoms with Gasteiger partial charge in [0.1, 0.15) is 0 Å². The molecule has 0 heterocycles. The van der Waals surface area contributed by atoms with E-state index in [2.05, 4.69) is 4.72 Å². The van der Waals surface area contributed by atoms with Crippen molar-refractivity contribution >= 4 is 15.9 Å². The van der Waals surface area contributed by atoms with Crippen molar-refractivity contribution in [2.45, 2.75) is 44.6 Å². The minimum atomic E-state index is -3.73. The Balaban J connectivity index is 2.23. The van der Waals surface area contributed by atoms with E-state index in [1.807, 2.05) is 44.2 Å². The zero-order chi connectivity index (χ0) is 19.9. The summed E-state index contributed by atoms with van der Waals surface area (Å²) in [5.74, 6) is -0.133. The number of hydrogen-bond acceptors (Lipinski definition) is 3. The fourth-order valence-corrected chi connectivity index (χ4v) is 4.22. The first-order chi connectivity index (χ1) is 12.9. The highest BCUT2D eigenvalue weighted by Crippen LogP contribution is 2.18. The molecule has 1 amide bonds. The number of hydrogen-bond donors (Lipinski definition) is 1.